The molecule has 5 rings (SSSR count). The number of ether oxygens (including phenoxy) is 2. The summed E-state index contributed by atoms with van der Waals surface area (Å²) in [5.74, 6) is 1.21. The van der Waals surface area contributed by atoms with Crippen molar-refractivity contribution in [1.29, 1.82) is 0 Å². The molecule has 33 heavy (non-hydrogen) atoms. The summed E-state index contributed by atoms with van der Waals surface area (Å²) in [7, 11) is 0. The number of rotatable bonds is 6. The molecule has 0 spiro atoms. The average Bonchev–Trinajstić information content (AvgIpc) is 3.55. The monoisotopic (exact) mass is 471 g/mol. The number of aromatic nitrogens is 1. The van der Waals surface area contributed by atoms with Gasteiger partial charge in [-0.1, -0.05) is 6.07 Å². The predicted octanol–water partition coefficient (Wildman–Crippen LogP) is 0.976. The Morgan fingerprint density at radius 3 is 2.79 bits per heavy atom. The third-order valence-electron chi connectivity index (χ3n) is 5.99. The van der Waals surface area contributed by atoms with Crippen molar-refractivity contribution in [2.75, 3.05) is 38.3 Å². The fourth-order valence-electron chi connectivity index (χ4n) is 4.17. The Morgan fingerprint density at radius 2 is 2.00 bits per heavy atom. The van der Waals surface area contributed by atoms with Crippen LogP contribution >= 0.6 is 11.3 Å². The lowest BCUT2D eigenvalue weighted by Crippen LogP contribution is -2.48. The molecule has 1 aromatic heterocycles. The molecule has 3 amide bonds. The second kappa shape index (κ2) is 9.36. The van der Waals surface area contributed by atoms with Crippen LogP contribution in [0.15, 0.2) is 23.6 Å². The molecule has 4 heterocycles. The number of thiazole rings is 1. The van der Waals surface area contributed by atoms with Crippen molar-refractivity contribution in [3.8, 4) is 11.5 Å². The van der Waals surface area contributed by atoms with Crippen molar-refractivity contribution in [3.63, 3.8) is 0 Å². The molecule has 10 nitrogen and oxygen atoms in total. The van der Waals surface area contributed by atoms with Gasteiger partial charge in [-0.25, -0.2) is 4.98 Å². The number of hydrogen-bond acceptors (Lipinski definition) is 8. The molecule has 3 aliphatic heterocycles. The van der Waals surface area contributed by atoms with Crippen LogP contribution < -0.4 is 20.1 Å². The van der Waals surface area contributed by atoms with Gasteiger partial charge in [-0.3, -0.25) is 19.3 Å². The maximum absolute atomic E-state index is 12.7. The first kappa shape index (κ1) is 21.7. The van der Waals surface area contributed by atoms with E-state index in [0.717, 1.165) is 36.7 Å². The van der Waals surface area contributed by atoms with E-state index in [4.69, 9.17) is 9.47 Å². The van der Waals surface area contributed by atoms with Crippen LogP contribution in [0.5, 0.6) is 11.5 Å². The third-order valence-corrected chi connectivity index (χ3v) is 6.80. The Kier molecular flexibility index (Phi) is 6.14. The molecule has 1 aromatic carbocycles. The first-order valence-electron chi connectivity index (χ1n) is 11.0. The van der Waals surface area contributed by atoms with Gasteiger partial charge in [0.1, 0.15) is 6.04 Å². The van der Waals surface area contributed by atoms with Gasteiger partial charge < -0.3 is 25.0 Å². The van der Waals surface area contributed by atoms with E-state index < -0.39 is 6.04 Å². The summed E-state index contributed by atoms with van der Waals surface area (Å²) in [5.41, 5.74) is 1.80. The molecule has 1 atom stereocenters. The van der Waals surface area contributed by atoms with Gasteiger partial charge in [-0.15, -0.1) is 11.3 Å². The Hall–Kier alpha value is -3.18. The van der Waals surface area contributed by atoms with Gasteiger partial charge in [0, 0.05) is 44.5 Å². The van der Waals surface area contributed by atoms with Crippen LogP contribution in [0.1, 0.15) is 24.1 Å². The van der Waals surface area contributed by atoms with E-state index in [-0.39, 0.29) is 30.9 Å². The van der Waals surface area contributed by atoms with E-state index in [1.54, 1.807) is 5.38 Å². The molecule has 2 fully saturated rings. The lowest BCUT2D eigenvalue weighted by atomic mass is 10.1. The van der Waals surface area contributed by atoms with Crippen LogP contribution in [0.2, 0.25) is 0 Å². The fraction of sp³-hybridized carbons (Fsp3) is 0.455. The van der Waals surface area contributed by atoms with Crippen LogP contribution in [0.3, 0.4) is 0 Å². The van der Waals surface area contributed by atoms with Crippen molar-refractivity contribution in [2.24, 2.45) is 0 Å². The molecule has 0 saturated carbocycles. The van der Waals surface area contributed by atoms with E-state index in [1.807, 2.05) is 23.1 Å². The highest BCUT2D eigenvalue weighted by Gasteiger charge is 2.28. The topological polar surface area (TPSA) is 113 Å². The molecule has 0 bridgehead atoms. The first-order chi connectivity index (χ1) is 16.0. The smallest absolute Gasteiger partial charge is 0.248 e. The van der Waals surface area contributed by atoms with E-state index in [2.05, 4.69) is 20.5 Å². The third kappa shape index (κ3) is 5.09. The highest BCUT2D eigenvalue weighted by atomic mass is 32.1. The lowest BCUT2D eigenvalue weighted by Gasteiger charge is -2.34. The number of hydrogen-bond donors (Lipinski definition) is 2. The molecule has 0 aliphatic carbocycles. The summed E-state index contributed by atoms with van der Waals surface area (Å²) in [6.45, 7) is 3.99. The van der Waals surface area contributed by atoms with E-state index in [0.29, 0.717) is 36.8 Å². The summed E-state index contributed by atoms with van der Waals surface area (Å²) in [6.07, 6.45) is 1.05. The SMILES string of the molecule is O=C1CCC(C(=O)Nc2nc(CC(=O)N3CCN(Cc4ccc5c(c4)OCO5)CC3)cs2)N1. The number of nitrogens with zero attached hydrogens (tertiary/aromatic N) is 3. The van der Waals surface area contributed by atoms with Crippen LogP contribution in [-0.4, -0.2) is 71.5 Å². The Morgan fingerprint density at radius 1 is 1.18 bits per heavy atom. The summed E-state index contributed by atoms with van der Waals surface area (Å²) in [4.78, 5) is 44.8. The number of fused-ring (bicyclic) bond motifs is 1. The molecule has 1 unspecified atom stereocenters. The highest BCUT2D eigenvalue weighted by molar-refractivity contribution is 7.13. The number of nitrogens with one attached hydrogen (secondary N) is 2. The van der Waals surface area contributed by atoms with Crippen molar-refractivity contribution in [1.82, 2.24) is 20.1 Å². The molecule has 2 aromatic rings. The molecular weight excluding hydrogens is 446 g/mol. The average molecular weight is 472 g/mol. The number of amides is 3. The van der Waals surface area contributed by atoms with Crippen molar-refractivity contribution >= 4 is 34.2 Å². The number of benzene rings is 1. The van der Waals surface area contributed by atoms with Gasteiger partial charge in [0.05, 0.1) is 12.1 Å². The molecule has 11 heteroatoms. The molecule has 2 N–H and O–H groups in total. The summed E-state index contributed by atoms with van der Waals surface area (Å²) >= 11 is 1.28. The molecule has 174 valence electrons. The lowest BCUT2D eigenvalue weighted by molar-refractivity contribution is -0.132. The molecule has 0 radical (unpaired) electrons. The quantitative estimate of drug-likeness (QED) is 0.646. The van der Waals surface area contributed by atoms with Crippen molar-refractivity contribution in [3.05, 3.63) is 34.8 Å². The Bertz CT molecular complexity index is 1070. The van der Waals surface area contributed by atoms with Gasteiger partial charge in [0.25, 0.3) is 0 Å². The minimum absolute atomic E-state index is 0.0314. The minimum Gasteiger partial charge on any atom is -0.454 e. The normalized spacial score (nSPS) is 20.1. The summed E-state index contributed by atoms with van der Waals surface area (Å²) in [5, 5.41) is 7.59. The van der Waals surface area contributed by atoms with Gasteiger partial charge in [-0.2, -0.15) is 0 Å². The van der Waals surface area contributed by atoms with Gasteiger partial charge >= 0.3 is 0 Å². The predicted molar refractivity (Wildman–Crippen MR) is 120 cm³/mol. The molecule has 3 aliphatic rings. The van der Waals surface area contributed by atoms with Crippen molar-refractivity contribution in [2.45, 2.75) is 31.8 Å². The Balaban J connectivity index is 1.08. The first-order valence-corrected chi connectivity index (χ1v) is 11.8. The maximum atomic E-state index is 12.7. The maximum Gasteiger partial charge on any atom is 0.248 e. The summed E-state index contributed by atoms with van der Waals surface area (Å²) in [6, 6.07) is 5.48. The van der Waals surface area contributed by atoms with E-state index in [1.165, 1.54) is 11.3 Å². The second-order valence-electron chi connectivity index (χ2n) is 8.31. The van der Waals surface area contributed by atoms with Crippen molar-refractivity contribution < 1.29 is 23.9 Å². The van der Waals surface area contributed by atoms with Gasteiger partial charge in [0.2, 0.25) is 24.5 Å². The molecular formula is C22H25N5O5S. The fourth-order valence-corrected chi connectivity index (χ4v) is 4.88. The van der Waals surface area contributed by atoms with E-state index in [9.17, 15) is 14.4 Å². The van der Waals surface area contributed by atoms with Crippen LogP contribution in [0.4, 0.5) is 5.13 Å². The van der Waals surface area contributed by atoms with E-state index >= 15 is 0 Å². The number of anilines is 1. The van der Waals surface area contributed by atoms with Crippen LogP contribution in [0, 0.1) is 0 Å². The minimum atomic E-state index is -0.513. The number of carbonyl (C=O) groups excluding carboxylic acids is 3. The zero-order valence-corrected chi connectivity index (χ0v) is 18.9. The van der Waals surface area contributed by atoms with Gasteiger partial charge in [0.15, 0.2) is 16.6 Å². The second-order valence-corrected chi connectivity index (χ2v) is 9.17. The zero-order valence-electron chi connectivity index (χ0n) is 18.0. The zero-order chi connectivity index (χ0) is 22.8. The summed E-state index contributed by atoms with van der Waals surface area (Å²) < 4.78 is 10.8. The molecule has 2 saturated heterocycles. The van der Waals surface area contributed by atoms with Gasteiger partial charge in [-0.05, 0) is 24.1 Å². The largest absolute Gasteiger partial charge is 0.454 e. The van der Waals surface area contributed by atoms with Crippen LogP contribution in [-0.2, 0) is 27.3 Å². The van der Waals surface area contributed by atoms with Crippen LogP contribution in [0.25, 0.3) is 0 Å². The number of carbonyl (C=O) groups is 3. The highest BCUT2D eigenvalue weighted by Crippen LogP contribution is 2.32. The standard InChI is InChI=1S/C22H25N5O5S/c28-19-4-2-16(24-19)21(30)25-22-23-15(12-33-22)10-20(29)27-7-5-26(6-8-27)11-14-1-3-17-18(9-14)32-13-31-17/h1,3,9,12,16H,2,4-8,10-11,13H2,(H,24,28)(H,23,25,30). The number of piperazine rings is 1. The Labute approximate surface area is 194 Å².